The topological polar surface area (TPSA) is 55.3 Å². The molecule has 0 aliphatic carbocycles. The van der Waals surface area contributed by atoms with E-state index in [-0.39, 0.29) is 35.5 Å². The van der Waals surface area contributed by atoms with Crippen LogP contribution in [0, 0.1) is 0 Å². The third kappa shape index (κ3) is 7.57. The zero-order chi connectivity index (χ0) is 19.6. The maximum Gasteiger partial charge on any atom is 0.387 e. The van der Waals surface area contributed by atoms with Gasteiger partial charge in [-0.15, -0.1) is 24.0 Å². The van der Waals surface area contributed by atoms with Gasteiger partial charge < -0.3 is 24.4 Å². The van der Waals surface area contributed by atoms with Gasteiger partial charge in [-0.3, -0.25) is 0 Å². The number of likely N-dealkylation sites (tertiary alicyclic amines) is 1. The zero-order valence-electron chi connectivity index (χ0n) is 16.6. The molecule has 9 heteroatoms. The number of alkyl halides is 2. The van der Waals surface area contributed by atoms with E-state index in [0.29, 0.717) is 12.6 Å². The number of piperidine rings is 1. The molecule has 1 saturated heterocycles. The average Bonchev–Trinajstić information content (AvgIpc) is 2.66. The highest BCUT2D eigenvalue weighted by Crippen LogP contribution is 2.29. The number of hydrogen-bond acceptors (Lipinski definition) is 4. The normalized spacial score (nSPS) is 15.4. The molecule has 1 aliphatic rings. The maximum absolute atomic E-state index is 12.6. The summed E-state index contributed by atoms with van der Waals surface area (Å²) in [6, 6.07) is 4.95. The summed E-state index contributed by atoms with van der Waals surface area (Å²) in [6.45, 7) is 4.73. The number of ether oxygens (including phenoxy) is 3. The Morgan fingerprint density at radius 1 is 1.25 bits per heavy atom. The molecule has 0 unspecified atom stereocenters. The first-order chi connectivity index (χ1) is 13.1. The Hall–Kier alpha value is -1.36. The van der Waals surface area contributed by atoms with Gasteiger partial charge in [0.1, 0.15) is 0 Å². The van der Waals surface area contributed by atoms with E-state index in [2.05, 4.69) is 19.9 Å². The van der Waals surface area contributed by atoms with E-state index >= 15 is 0 Å². The molecule has 0 amide bonds. The predicted octanol–water partition coefficient (Wildman–Crippen LogP) is 3.88. The molecule has 1 aliphatic heterocycles. The van der Waals surface area contributed by atoms with Gasteiger partial charge in [-0.25, -0.2) is 4.99 Å². The van der Waals surface area contributed by atoms with Gasteiger partial charge in [0.15, 0.2) is 17.5 Å². The number of nitrogens with one attached hydrogen (secondary N) is 1. The van der Waals surface area contributed by atoms with E-state index in [1.54, 1.807) is 18.2 Å². The molecule has 0 spiro atoms. The minimum absolute atomic E-state index is 0. The lowest BCUT2D eigenvalue weighted by atomic mass is 10.1. The molecule has 1 aromatic rings. The molecule has 1 aromatic carbocycles. The van der Waals surface area contributed by atoms with E-state index < -0.39 is 6.61 Å². The summed E-state index contributed by atoms with van der Waals surface area (Å²) >= 11 is 0. The summed E-state index contributed by atoms with van der Waals surface area (Å²) in [5.74, 6) is 1.11. The molecule has 160 valence electrons. The number of hydrogen-bond donors (Lipinski definition) is 1. The van der Waals surface area contributed by atoms with E-state index in [4.69, 9.17) is 9.47 Å². The van der Waals surface area contributed by atoms with Crippen molar-refractivity contribution in [3.05, 3.63) is 23.8 Å². The second kappa shape index (κ2) is 13.0. The number of benzene rings is 1. The number of methoxy groups -OCH3 is 1. The molecule has 0 atom stereocenters. The standard InChI is InChI=1S/C19H29F2N3O3.HI/c1-4-22-19(24-10-8-15(9-11-24)26-5-2)23-13-14-6-7-16(25-3)17(12-14)27-18(20)21;/h6-7,12,15,18H,4-5,8-11,13H2,1-3H3,(H,22,23);1H. The van der Waals surface area contributed by atoms with Crippen molar-refractivity contribution in [2.75, 3.05) is 33.4 Å². The van der Waals surface area contributed by atoms with Crippen LogP contribution in [0.2, 0.25) is 0 Å². The maximum atomic E-state index is 12.6. The molecular weight excluding hydrogens is 483 g/mol. The van der Waals surface area contributed by atoms with Crippen molar-refractivity contribution >= 4 is 29.9 Å². The van der Waals surface area contributed by atoms with E-state index in [1.165, 1.54) is 7.11 Å². The van der Waals surface area contributed by atoms with E-state index in [1.807, 2.05) is 13.8 Å². The van der Waals surface area contributed by atoms with Crippen LogP contribution in [-0.2, 0) is 11.3 Å². The fourth-order valence-corrected chi connectivity index (χ4v) is 3.07. The predicted molar refractivity (Wildman–Crippen MR) is 116 cm³/mol. The fourth-order valence-electron chi connectivity index (χ4n) is 3.07. The Labute approximate surface area is 182 Å². The highest BCUT2D eigenvalue weighted by molar-refractivity contribution is 14.0. The minimum atomic E-state index is -2.90. The van der Waals surface area contributed by atoms with Gasteiger partial charge in [-0.05, 0) is 44.4 Å². The van der Waals surface area contributed by atoms with Crippen molar-refractivity contribution in [3.8, 4) is 11.5 Å². The lowest BCUT2D eigenvalue weighted by molar-refractivity contribution is -0.0512. The Balaban J connectivity index is 0.00000392. The van der Waals surface area contributed by atoms with Gasteiger partial charge in [0, 0.05) is 26.2 Å². The van der Waals surface area contributed by atoms with Crippen LogP contribution in [0.1, 0.15) is 32.3 Å². The highest BCUT2D eigenvalue weighted by atomic mass is 127. The molecule has 0 radical (unpaired) electrons. The largest absolute Gasteiger partial charge is 0.493 e. The molecule has 28 heavy (non-hydrogen) atoms. The summed E-state index contributed by atoms with van der Waals surface area (Å²) in [4.78, 5) is 6.87. The lowest BCUT2D eigenvalue weighted by Crippen LogP contribution is -2.47. The van der Waals surface area contributed by atoms with Gasteiger partial charge in [0.25, 0.3) is 0 Å². The summed E-state index contributed by atoms with van der Waals surface area (Å²) in [6.07, 6.45) is 2.24. The van der Waals surface area contributed by atoms with Crippen LogP contribution in [0.25, 0.3) is 0 Å². The van der Waals surface area contributed by atoms with Crippen molar-refractivity contribution in [1.29, 1.82) is 0 Å². The number of rotatable bonds is 8. The summed E-state index contributed by atoms with van der Waals surface area (Å²) < 4.78 is 40.5. The summed E-state index contributed by atoms with van der Waals surface area (Å²) in [5.41, 5.74) is 0.769. The van der Waals surface area contributed by atoms with Gasteiger partial charge in [-0.2, -0.15) is 8.78 Å². The van der Waals surface area contributed by atoms with Crippen molar-refractivity contribution in [1.82, 2.24) is 10.2 Å². The molecule has 0 saturated carbocycles. The first-order valence-electron chi connectivity index (χ1n) is 9.33. The lowest BCUT2D eigenvalue weighted by Gasteiger charge is -2.34. The molecule has 2 rings (SSSR count). The Morgan fingerprint density at radius 3 is 2.54 bits per heavy atom. The molecule has 0 bridgehead atoms. The van der Waals surface area contributed by atoms with Gasteiger partial charge in [0.05, 0.1) is 19.8 Å². The SMILES string of the molecule is CCNC(=NCc1ccc(OC)c(OC(F)F)c1)N1CCC(OCC)CC1.I. The van der Waals surface area contributed by atoms with Crippen molar-refractivity contribution < 1.29 is 23.0 Å². The van der Waals surface area contributed by atoms with Gasteiger partial charge in [0.2, 0.25) is 0 Å². The van der Waals surface area contributed by atoms with Gasteiger partial charge >= 0.3 is 6.61 Å². The number of guanidine groups is 1. The van der Waals surface area contributed by atoms with Crippen molar-refractivity contribution in [2.45, 2.75) is 45.9 Å². The first kappa shape index (κ1) is 24.7. The third-order valence-electron chi connectivity index (χ3n) is 4.33. The van der Waals surface area contributed by atoms with Crippen LogP contribution in [0.3, 0.4) is 0 Å². The van der Waals surface area contributed by atoms with E-state index in [0.717, 1.165) is 50.6 Å². The van der Waals surface area contributed by atoms with Crippen LogP contribution in [0.4, 0.5) is 8.78 Å². The average molecular weight is 513 g/mol. The smallest absolute Gasteiger partial charge is 0.387 e. The van der Waals surface area contributed by atoms with Crippen LogP contribution >= 0.6 is 24.0 Å². The molecule has 1 heterocycles. The van der Waals surface area contributed by atoms with Crippen LogP contribution in [0.15, 0.2) is 23.2 Å². The number of nitrogens with zero attached hydrogens (tertiary/aromatic N) is 2. The second-order valence-corrected chi connectivity index (χ2v) is 6.18. The van der Waals surface area contributed by atoms with Crippen molar-refractivity contribution in [2.24, 2.45) is 4.99 Å². The van der Waals surface area contributed by atoms with Crippen LogP contribution < -0.4 is 14.8 Å². The molecule has 6 nitrogen and oxygen atoms in total. The monoisotopic (exact) mass is 513 g/mol. The number of halogens is 3. The van der Waals surface area contributed by atoms with Gasteiger partial charge in [-0.1, -0.05) is 6.07 Å². The molecular formula is C19H30F2IN3O3. The molecule has 1 N–H and O–H groups in total. The molecule has 0 aromatic heterocycles. The first-order valence-corrected chi connectivity index (χ1v) is 9.33. The van der Waals surface area contributed by atoms with Crippen molar-refractivity contribution in [3.63, 3.8) is 0 Å². The van der Waals surface area contributed by atoms with E-state index in [9.17, 15) is 8.78 Å². The molecule has 1 fully saturated rings. The Bertz CT molecular complexity index is 612. The fraction of sp³-hybridized carbons (Fsp3) is 0.632. The second-order valence-electron chi connectivity index (χ2n) is 6.18. The number of aliphatic imine (C=N–C) groups is 1. The van der Waals surface area contributed by atoms with Crippen LogP contribution in [0.5, 0.6) is 11.5 Å². The summed E-state index contributed by atoms with van der Waals surface area (Å²) in [5, 5.41) is 3.30. The Kier molecular flexibility index (Phi) is 11.4. The quantitative estimate of drug-likeness (QED) is 0.325. The minimum Gasteiger partial charge on any atom is -0.493 e. The Morgan fingerprint density at radius 2 is 1.96 bits per heavy atom. The third-order valence-corrected chi connectivity index (χ3v) is 4.33. The summed E-state index contributed by atoms with van der Waals surface area (Å²) in [7, 11) is 1.42. The zero-order valence-corrected chi connectivity index (χ0v) is 19.0. The highest BCUT2D eigenvalue weighted by Gasteiger charge is 2.21. The van der Waals surface area contributed by atoms with Crippen LogP contribution in [-0.4, -0.2) is 56.9 Å².